The van der Waals surface area contributed by atoms with Crippen LogP contribution in [0.25, 0.3) is 51.1 Å². The molecule has 0 saturated heterocycles. The molecule has 0 bridgehead atoms. The molecule has 4 saturated carbocycles. The minimum absolute atomic E-state index is 0. The summed E-state index contributed by atoms with van der Waals surface area (Å²) < 4.78 is 135. The predicted molar refractivity (Wildman–Crippen MR) is 543 cm³/mol. The van der Waals surface area contributed by atoms with Gasteiger partial charge in [0.2, 0.25) is 23.7 Å². The third-order valence-electron chi connectivity index (χ3n) is 27.2. The van der Waals surface area contributed by atoms with Crippen molar-refractivity contribution >= 4 is 51.7 Å². The second kappa shape index (κ2) is 52.7. The number of aromatic nitrogens is 12. The molecule has 0 amide bonds. The Morgan fingerprint density at radius 3 is 1.12 bits per heavy atom. The van der Waals surface area contributed by atoms with Crippen molar-refractivity contribution in [2.45, 2.75) is 175 Å². The van der Waals surface area contributed by atoms with E-state index in [1.807, 2.05) is 156 Å². The molecule has 20 rings (SSSR count). The van der Waals surface area contributed by atoms with E-state index in [1.54, 1.807) is 55.9 Å². The van der Waals surface area contributed by atoms with Gasteiger partial charge >= 0.3 is 37.2 Å². The van der Waals surface area contributed by atoms with Crippen LogP contribution in [0.5, 0.6) is 0 Å². The average molecular weight is 2040 g/mol. The number of aliphatic carboxylic acids is 1. The zero-order chi connectivity index (χ0) is 104. The van der Waals surface area contributed by atoms with Crippen LogP contribution in [0.3, 0.4) is 0 Å². The molecule has 4 N–H and O–H groups in total. The molecule has 6 aromatic carbocycles. The number of carbonyl (C=O) groups is 5. The molecule has 147 heavy (non-hydrogen) atoms. The van der Waals surface area contributed by atoms with Crippen LogP contribution in [-0.4, -0.2) is 181 Å². The van der Waals surface area contributed by atoms with Crippen LogP contribution in [0.4, 0.5) is 35.1 Å². The second-order valence-corrected chi connectivity index (χ2v) is 38.4. The van der Waals surface area contributed by atoms with E-state index >= 15 is 0 Å². The number of carbonyl (C=O) groups excluding carboxylic acids is 4. The first-order valence-corrected chi connectivity index (χ1v) is 49.7. The zero-order valence-corrected chi connectivity index (χ0v) is 85.4. The molecule has 763 valence electrons. The number of pyridine rings is 4. The first kappa shape index (κ1) is 114. The number of imidazole rings is 4. The number of halogens is 8. The summed E-state index contributed by atoms with van der Waals surface area (Å²) in [6, 6.07) is 77.3. The Balaban J connectivity index is 0.000000190. The van der Waals surface area contributed by atoms with Gasteiger partial charge < -0.3 is 49.2 Å². The summed E-state index contributed by atoms with van der Waals surface area (Å²) >= 11 is 0. The molecular weight excluding hydrogens is 1920 g/mol. The van der Waals surface area contributed by atoms with Crippen LogP contribution in [0.15, 0.2) is 311 Å². The number of aliphatic hydroxyl groups is 3. The van der Waals surface area contributed by atoms with Crippen molar-refractivity contribution in [3.63, 3.8) is 0 Å². The van der Waals surface area contributed by atoms with Gasteiger partial charge in [-0.2, -0.15) is 0 Å². The fourth-order valence-corrected chi connectivity index (χ4v) is 20.9. The maximum Gasteiger partial charge on any atom is 1.00 e. The summed E-state index contributed by atoms with van der Waals surface area (Å²) in [6.45, 7) is 1.08. The number of nitrogens with zero attached hydrogens (tertiary/aromatic N) is 12. The quantitative estimate of drug-likeness (QED) is 0.0103. The van der Waals surface area contributed by atoms with Crippen LogP contribution in [-0.2, 0) is 43.9 Å². The normalized spacial score (nSPS) is 17.0. The van der Waals surface area contributed by atoms with E-state index in [4.69, 9.17) is 30.1 Å². The summed E-state index contributed by atoms with van der Waals surface area (Å²) in [7, 11) is 1.03. The second-order valence-electron chi connectivity index (χ2n) is 36.1. The standard InChI is InChI=1S/C36H31F2N3O.C28H21N3O.C17H19F2N3O.C17H17F2N3O.C10H17F2O4P.C2H4O2.2CH4O.B.Na.H/c37-35(38)22-20-27(21-23-35)34(42)19-18-32-31(17-10-24-39-32)33-25-41(26-40-33)36(28-11-4-1-5-12-28,29-13-6-2-7-14-29)30-15-8-3-9-16-30;32-20-27-25(17-10-18-29-27)26-19-31(21-30-26)28(22-11-4-1-5-12-22,23-13-6-2-7-14-23)24-15-8-3-9-16-24;2*18-17(19)5-3-11(4-6-17)15(23)8-13-16-12(2-1-7-21-16)14-9-20-10-22(13)14;1-15-17(14,16-2)7-9(13)8-3-5-10(11,12)6-4-8;1-2(3)4;2*1-2;;;/h1-19,24-27H,20-23H2;1-21H;1-2,7,9-11,13,15,23H,3-6,8H2;1-2,7,9-11,13H,3-6,8H2;8H,3-7H2,1-2H3;1H3,(H,3,4);2*2H,1H3;;;/q;;;;;;;;;+1;-1/b19-18+;;;;;;;;;;. The van der Waals surface area contributed by atoms with Gasteiger partial charge in [0.15, 0.2) is 12.1 Å². The average Bonchev–Trinajstić information content (AvgIpc) is 1.31. The molecule has 3 radical (unpaired) electrons. The number of hydrogen-bond acceptors (Lipinski definition) is 19. The molecule has 3 unspecified atom stereocenters. The number of aliphatic hydroxyl groups excluding tert-OH is 3. The molecule has 0 spiro atoms. The fourth-order valence-electron chi connectivity index (χ4n) is 19.9. The fraction of sp³-hybridized carbons (Fsp3) is 0.330. The number of benzene rings is 6. The van der Waals surface area contributed by atoms with Crippen LogP contribution in [0.1, 0.15) is 197 Å². The van der Waals surface area contributed by atoms with Crippen molar-refractivity contribution in [2.24, 2.45) is 23.7 Å². The van der Waals surface area contributed by atoms with Crippen molar-refractivity contribution in [3.8, 4) is 45.0 Å². The van der Waals surface area contributed by atoms with E-state index in [2.05, 4.69) is 157 Å². The minimum Gasteiger partial charge on any atom is -1.00 e. The Kier molecular flexibility index (Phi) is 41.0. The monoisotopic (exact) mass is 2040 g/mol. The minimum atomic E-state index is -3.37. The van der Waals surface area contributed by atoms with Gasteiger partial charge in [-0.25, -0.2) is 55.1 Å². The van der Waals surface area contributed by atoms with Gasteiger partial charge in [0.05, 0.1) is 95.7 Å². The largest absolute Gasteiger partial charge is 1.00 e. The number of carboxylic acid groups (broad SMARTS) is 1. The Bertz CT molecular complexity index is 6440. The van der Waals surface area contributed by atoms with Gasteiger partial charge in [0, 0.05) is 185 Å². The molecule has 35 heteroatoms. The maximum absolute atomic E-state index is 13.6. The molecule has 24 nitrogen and oxygen atoms in total. The van der Waals surface area contributed by atoms with Crippen molar-refractivity contribution in [3.05, 3.63) is 368 Å². The smallest absolute Gasteiger partial charge is 1.00 e. The van der Waals surface area contributed by atoms with Crippen LogP contribution in [0.2, 0.25) is 0 Å². The summed E-state index contributed by atoms with van der Waals surface area (Å²) in [5, 5.41) is 32.0. The van der Waals surface area contributed by atoms with Gasteiger partial charge in [-0.1, -0.05) is 182 Å². The summed E-state index contributed by atoms with van der Waals surface area (Å²) in [5.41, 5.74) is 14.9. The maximum atomic E-state index is 13.6. The first-order chi connectivity index (χ1) is 70.0. The molecule has 2 aliphatic heterocycles. The van der Waals surface area contributed by atoms with Gasteiger partial charge in [-0.15, -0.1) is 0 Å². The predicted octanol–water partition coefficient (Wildman–Crippen LogP) is 19.8. The third kappa shape index (κ3) is 27.8. The van der Waals surface area contributed by atoms with Crippen molar-refractivity contribution in [1.29, 1.82) is 0 Å². The van der Waals surface area contributed by atoms with Crippen LogP contribution in [0, 0.1) is 23.7 Å². The number of alkyl halides is 8. The summed E-state index contributed by atoms with van der Waals surface area (Å²) in [4.78, 5) is 93.3. The molecule has 3 atom stereocenters. The molecule has 6 aliphatic rings. The van der Waals surface area contributed by atoms with E-state index in [1.165, 1.54) is 20.3 Å². The van der Waals surface area contributed by atoms with Crippen molar-refractivity contribution < 1.29 is 124 Å². The molecule has 10 heterocycles. The molecule has 4 fully saturated rings. The number of allylic oxidation sites excluding steroid dienone is 1. The van der Waals surface area contributed by atoms with Crippen LogP contribution >= 0.6 is 7.60 Å². The summed E-state index contributed by atoms with van der Waals surface area (Å²) in [5.74, 6) is -12.9. The molecule has 8 aromatic heterocycles. The summed E-state index contributed by atoms with van der Waals surface area (Å²) in [6.07, 6.45) is 25.6. The van der Waals surface area contributed by atoms with Crippen molar-refractivity contribution in [1.82, 2.24) is 58.1 Å². The van der Waals surface area contributed by atoms with Crippen molar-refractivity contribution in [2.75, 3.05) is 34.6 Å². The van der Waals surface area contributed by atoms with Gasteiger partial charge in [0.1, 0.15) is 34.5 Å². The molecule has 4 aliphatic carbocycles. The molecule has 14 aromatic rings. The number of fused-ring (bicyclic) bond motifs is 6. The van der Waals surface area contributed by atoms with Gasteiger partial charge in [0.25, 0.3) is 5.97 Å². The number of aldehydes is 1. The van der Waals surface area contributed by atoms with Gasteiger partial charge in [-0.3, -0.25) is 48.5 Å². The Morgan fingerprint density at radius 2 is 0.755 bits per heavy atom. The first-order valence-electron chi connectivity index (χ1n) is 47.9. The van der Waals surface area contributed by atoms with E-state index in [-0.39, 0.29) is 183 Å². The van der Waals surface area contributed by atoms with E-state index in [9.17, 15) is 64.0 Å². The number of hydrogen-bond donors (Lipinski definition) is 4. The van der Waals surface area contributed by atoms with E-state index in [0.29, 0.717) is 54.0 Å². The Labute approximate surface area is 874 Å². The topological polar surface area (TPSA) is 325 Å². The number of Topliss-reactive ketones (excluding diaryl/α,β-unsaturated/α-hetero) is 2. The van der Waals surface area contributed by atoms with Gasteiger partial charge in [-0.05, 0) is 151 Å². The number of rotatable bonds is 25. The Morgan fingerprint density at radius 1 is 0.442 bits per heavy atom. The number of ketones is 3. The van der Waals surface area contributed by atoms with E-state index in [0.717, 1.165) is 100 Å². The van der Waals surface area contributed by atoms with E-state index < -0.39 is 60.4 Å². The number of carboxylic acids is 1. The molecular formula is C112H118BF8N12NaO12P. The van der Waals surface area contributed by atoms with Crippen LogP contribution < -0.4 is 29.6 Å². The Hall–Kier alpha value is -12.8. The zero-order valence-electron chi connectivity index (χ0n) is 83.5. The SMILES string of the molecule is CC(=O)O.CO.CO.COP(=O)(CC(=O)C1CCC(F)(F)CC1)OC.O=C(/C=C/c1ncccc1-c1cn(C(c2ccccc2)(c2ccccc2)c2ccccc2)cn1)C1CCC(F)(F)CC1.O=C(CC1c2ncccc2-c2cncn21)C1CCC(F)(F)CC1.O=Cc1ncccc1-c1cn(C(c2ccccc2)(c2ccccc2)c2ccccc2)cn1.OC(CC1c2ncccc2-c2cncn21)C1CCC(F)(F)CC1.[B].[H-].[Na+]. The third-order valence-corrected chi connectivity index (χ3v) is 29.0.